The van der Waals surface area contributed by atoms with Crippen molar-refractivity contribution >= 4 is 5.97 Å². The van der Waals surface area contributed by atoms with Crippen molar-refractivity contribution in [3.05, 3.63) is 29.3 Å². The second kappa shape index (κ2) is 6.25. The molecule has 1 N–H and O–H groups in total. The molecule has 0 aliphatic carbocycles. The Morgan fingerprint density at radius 1 is 1.41 bits per heavy atom. The molecule has 0 spiro atoms. The Morgan fingerprint density at radius 3 is 2.65 bits per heavy atom. The van der Waals surface area contributed by atoms with Crippen molar-refractivity contribution in [1.29, 1.82) is 0 Å². The van der Waals surface area contributed by atoms with Crippen LogP contribution in [0.25, 0.3) is 0 Å². The van der Waals surface area contributed by atoms with Crippen LogP contribution < -0.4 is 4.74 Å². The molecular formula is C13H18O4. The van der Waals surface area contributed by atoms with E-state index in [4.69, 9.17) is 4.74 Å². The minimum Gasteiger partial charge on any atom is -0.496 e. The van der Waals surface area contributed by atoms with Crippen molar-refractivity contribution in [2.24, 2.45) is 0 Å². The zero-order valence-electron chi connectivity index (χ0n) is 10.4. The fourth-order valence-electron chi connectivity index (χ4n) is 1.58. The van der Waals surface area contributed by atoms with Crippen molar-refractivity contribution in [2.45, 2.75) is 25.9 Å². The number of aliphatic hydroxyl groups is 1. The monoisotopic (exact) mass is 238 g/mol. The number of methoxy groups -OCH3 is 2. The van der Waals surface area contributed by atoms with Gasteiger partial charge in [-0.15, -0.1) is 0 Å². The standard InChI is InChI=1S/C13H18O4/c1-9(14)4-5-10-8-11(13(15)17-3)6-7-12(10)16-2/h6-9,14H,4-5H2,1-3H3/t9-/m0/s1. The van der Waals surface area contributed by atoms with E-state index in [-0.39, 0.29) is 12.1 Å². The molecule has 1 aromatic carbocycles. The third-order valence-electron chi connectivity index (χ3n) is 2.53. The van der Waals surface area contributed by atoms with Crippen molar-refractivity contribution in [3.63, 3.8) is 0 Å². The zero-order valence-corrected chi connectivity index (χ0v) is 10.4. The van der Waals surface area contributed by atoms with Gasteiger partial charge in [-0.2, -0.15) is 0 Å². The Kier molecular flexibility index (Phi) is 4.97. The van der Waals surface area contributed by atoms with Gasteiger partial charge in [0.15, 0.2) is 0 Å². The van der Waals surface area contributed by atoms with Gasteiger partial charge in [0.25, 0.3) is 0 Å². The van der Waals surface area contributed by atoms with E-state index in [1.54, 1.807) is 32.2 Å². The summed E-state index contributed by atoms with van der Waals surface area (Å²) >= 11 is 0. The quantitative estimate of drug-likeness (QED) is 0.795. The van der Waals surface area contributed by atoms with E-state index < -0.39 is 0 Å². The maximum absolute atomic E-state index is 11.4. The van der Waals surface area contributed by atoms with Crippen molar-refractivity contribution in [2.75, 3.05) is 14.2 Å². The molecule has 0 amide bonds. The lowest BCUT2D eigenvalue weighted by Gasteiger charge is -2.11. The van der Waals surface area contributed by atoms with Gasteiger partial charge in [0.2, 0.25) is 0 Å². The first-order valence-corrected chi connectivity index (χ1v) is 5.51. The Hall–Kier alpha value is -1.55. The lowest BCUT2D eigenvalue weighted by molar-refractivity contribution is 0.0600. The van der Waals surface area contributed by atoms with Gasteiger partial charge in [-0.25, -0.2) is 4.79 Å². The van der Waals surface area contributed by atoms with Gasteiger partial charge in [0.1, 0.15) is 5.75 Å². The van der Waals surface area contributed by atoms with E-state index in [1.807, 2.05) is 0 Å². The van der Waals surface area contributed by atoms with Crippen LogP contribution in [0.5, 0.6) is 5.75 Å². The number of aryl methyl sites for hydroxylation is 1. The normalized spacial score (nSPS) is 12.0. The maximum atomic E-state index is 11.4. The second-order valence-corrected chi connectivity index (χ2v) is 3.91. The fraction of sp³-hybridized carbons (Fsp3) is 0.462. The van der Waals surface area contributed by atoms with Crippen LogP contribution in [0.1, 0.15) is 29.3 Å². The van der Waals surface area contributed by atoms with Gasteiger partial charge in [0, 0.05) is 0 Å². The van der Waals surface area contributed by atoms with Crippen LogP contribution in [0.4, 0.5) is 0 Å². The predicted molar refractivity (Wildman–Crippen MR) is 64.3 cm³/mol. The zero-order chi connectivity index (χ0) is 12.8. The van der Waals surface area contributed by atoms with E-state index in [2.05, 4.69) is 4.74 Å². The summed E-state index contributed by atoms with van der Waals surface area (Å²) in [5, 5.41) is 9.27. The summed E-state index contributed by atoms with van der Waals surface area (Å²) in [7, 11) is 2.93. The number of carbonyl (C=O) groups excluding carboxylic acids is 1. The largest absolute Gasteiger partial charge is 0.496 e. The second-order valence-electron chi connectivity index (χ2n) is 3.91. The third kappa shape index (κ3) is 3.75. The SMILES string of the molecule is COC(=O)c1ccc(OC)c(CC[C@H](C)O)c1. The number of esters is 1. The number of hydrogen-bond acceptors (Lipinski definition) is 4. The minimum atomic E-state index is -0.374. The lowest BCUT2D eigenvalue weighted by atomic mass is 10.0. The van der Waals surface area contributed by atoms with E-state index in [1.165, 1.54) is 7.11 Å². The molecule has 0 unspecified atom stereocenters. The van der Waals surface area contributed by atoms with Crippen molar-refractivity contribution < 1.29 is 19.4 Å². The van der Waals surface area contributed by atoms with Crippen LogP contribution in [0.15, 0.2) is 18.2 Å². The van der Waals surface area contributed by atoms with Crippen LogP contribution in [-0.2, 0) is 11.2 Å². The number of rotatable bonds is 5. The first-order valence-electron chi connectivity index (χ1n) is 5.51. The topological polar surface area (TPSA) is 55.8 Å². The minimum absolute atomic E-state index is 0.369. The summed E-state index contributed by atoms with van der Waals surface area (Å²) in [5.74, 6) is 0.351. The van der Waals surface area contributed by atoms with Gasteiger partial charge < -0.3 is 14.6 Å². The van der Waals surface area contributed by atoms with Crippen LogP contribution in [0, 0.1) is 0 Å². The van der Waals surface area contributed by atoms with Gasteiger partial charge in [0.05, 0.1) is 25.9 Å². The molecule has 4 heteroatoms. The molecule has 0 heterocycles. The van der Waals surface area contributed by atoms with Crippen LogP contribution >= 0.6 is 0 Å². The van der Waals surface area contributed by atoms with Gasteiger partial charge in [-0.1, -0.05) is 0 Å². The smallest absolute Gasteiger partial charge is 0.337 e. The summed E-state index contributed by atoms with van der Waals surface area (Å²) in [6.07, 6.45) is 0.911. The molecule has 0 radical (unpaired) electrons. The Morgan fingerprint density at radius 2 is 2.12 bits per heavy atom. The van der Waals surface area contributed by atoms with Crippen LogP contribution in [-0.4, -0.2) is 31.4 Å². The lowest BCUT2D eigenvalue weighted by Crippen LogP contribution is -2.06. The van der Waals surface area contributed by atoms with E-state index in [0.717, 1.165) is 11.3 Å². The molecule has 0 saturated heterocycles. The summed E-state index contributed by atoms with van der Waals surface area (Å²) in [5.41, 5.74) is 1.39. The molecule has 4 nitrogen and oxygen atoms in total. The molecule has 17 heavy (non-hydrogen) atoms. The molecule has 1 atom stereocenters. The van der Waals surface area contributed by atoms with Gasteiger partial charge >= 0.3 is 5.97 Å². The molecule has 0 saturated carbocycles. The predicted octanol–water partition coefficient (Wildman–Crippen LogP) is 1.80. The van der Waals surface area contributed by atoms with E-state index in [9.17, 15) is 9.90 Å². The highest BCUT2D eigenvalue weighted by molar-refractivity contribution is 5.89. The molecule has 0 bridgehead atoms. The maximum Gasteiger partial charge on any atom is 0.337 e. The number of hydrogen-bond donors (Lipinski definition) is 1. The summed E-state index contributed by atoms with van der Waals surface area (Å²) in [6, 6.07) is 5.15. The number of benzene rings is 1. The van der Waals surface area contributed by atoms with Crippen molar-refractivity contribution in [3.8, 4) is 5.75 Å². The molecule has 0 aromatic heterocycles. The number of ether oxygens (including phenoxy) is 2. The molecule has 0 aliphatic heterocycles. The molecule has 0 aliphatic rings. The summed E-state index contributed by atoms with van der Waals surface area (Å²) in [4.78, 5) is 11.4. The summed E-state index contributed by atoms with van der Waals surface area (Å²) < 4.78 is 9.87. The first-order chi connectivity index (χ1) is 8.08. The molecule has 1 aromatic rings. The third-order valence-corrected chi connectivity index (χ3v) is 2.53. The highest BCUT2D eigenvalue weighted by atomic mass is 16.5. The first kappa shape index (κ1) is 13.5. The Bertz CT molecular complexity index is 385. The van der Waals surface area contributed by atoms with Crippen LogP contribution in [0.2, 0.25) is 0 Å². The van der Waals surface area contributed by atoms with Gasteiger partial charge in [-0.05, 0) is 43.5 Å². The van der Waals surface area contributed by atoms with Crippen molar-refractivity contribution in [1.82, 2.24) is 0 Å². The fourth-order valence-corrected chi connectivity index (χ4v) is 1.58. The Balaban J connectivity index is 2.93. The highest BCUT2D eigenvalue weighted by Crippen LogP contribution is 2.22. The van der Waals surface area contributed by atoms with E-state index >= 15 is 0 Å². The summed E-state index contributed by atoms with van der Waals surface area (Å²) in [6.45, 7) is 1.73. The molecule has 0 fully saturated rings. The molecule has 1 rings (SSSR count). The molecular weight excluding hydrogens is 220 g/mol. The number of carbonyl (C=O) groups is 1. The van der Waals surface area contributed by atoms with E-state index in [0.29, 0.717) is 18.4 Å². The van der Waals surface area contributed by atoms with Gasteiger partial charge in [-0.3, -0.25) is 0 Å². The van der Waals surface area contributed by atoms with Crippen LogP contribution in [0.3, 0.4) is 0 Å². The Labute approximate surface area is 101 Å². The number of aliphatic hydroxyl groups excluding tert-OH is 1. The average Bonchev–Trinajstić information content (AvgIpc) is 2.34. The highest BCUT2D eigenvalue weighted by Gasteiger charge is 2.10. The average molecular weight is 238 g/mol. The molecule has 94 valence electrons.